The van der Waals surface area contributed by atoms with Crippen molar-refractivity contribution < 1.29 is 4.79 Å². The van der Waals surface area contributed by atoms with E-state index in [4.69, 9.17) is 0 Å². The first-order chi connectivity index (χ1) is 16.0. The Labute approximate surface area is 197 Å². The monoisotopic (exact) mass is 453 g/mol. The highest BCUT2D eigenvalue weighted by Crippen LogP contribution is 2.27. The van der Waals surface area contributed by atoms with Crippen LogP contribution in [0.5, 0.6) is 0 Å². The highest BCUT2D eigenvalue weighted by Gasteiger charge is 2.22. The first-order valence-electron chi connectivity index (χ1n) is 12.3. The number of nitrogens with zero attached hydrogens (tertiary/aromatic N) is 2. The number of anilines is 3. The maximum atomic E-state index is 13.0. The van der Waals surface area contributed by atoms with E-state index in [2.05, 4.69) is 39.4 Å². The number of hydrogen-bond donors (Lipinski definition) is 3. The van der Waals surface area contributed by atoms with Crippen LogP contribution in [-0.4, -0.2) is 55.1 Å². The van der Waals surface area contributed by atoms with Gasteiger partial charge < -0.3 is 25.4 Å². The lowest BCUT2D eigenvalue weighted by Gasteiger charge is -2.34. The molecule has 2 fully saturated rings. The third-order valence-electron chi connectivity index (χ3n) is 6.56. The number of H-pyrrole nitrogens is 1. The topological polar surface area (TPSA) is 80.5 Å². The fourth-order valence-corrected chi connectivity index (χ4v) is 4.46. The van der Waals surface area contributed by atoms with Crippen LogP contribution in [0.4, 0.5) is 17.1 Å². The lowest BCUT2D eigenvalue weighted by Crippen LogP contribution is -2.44. The number of carbonyl (C=O) groups is 1. The maximum Gasteiger partial charge on any atom is 0.263 e. The SMILES string of the molecule is CC.CC1CCC(Nc2cc[nH]c(=O)c2C(=O)Nc2ccc(N3CCN(C)CC3)cc2)CC1. The van der Waals surface area contributed by atoms with Gasteiger partial charge in [-0.15, -0.1) is 0 Å². The summed E-state index contributed by atoms with van der Waals surface area (Å²) in [6, 6.07) is 9.94. The first kappa shape index (κ1) is 24.8. The summed E-state index contributed by atoms with van der Waals surface area (Å²) < 4.78 is 0. The Morgan fingerprint density at radius 3 is 2.24 bits per heavy atom. The summed E-state index contributed by atoms with van der Waals surface area (Å²) in [7, 11) is 2.14. The zero-order chi connectivity index (χ0) is 23.8. The van der Waals surface area contributed by atoms with Crippen molar-refractivity contribution in [1.29, 1.82) is 0 Å². The highest BCUT2D eigenvalue weighted by atomic mass is 16.2. The van der Waals surface area contributed by atoms with E-state index in [1.165, 1.54) is 12.8 Å². The molecule has 1 aromatic carbocycles. The summed E-state index contributed by atoms with van der Waals surface area (Å²) in [5, 5.41) is 6.34. The summed E-state index contributed by atoms with van der Waals surface area (Å²) in [6.45, 7) is 10.4. The van der Waals surface area contributed by atoms with Crippen LogP contribution >= 0.6 is 0 Å². The molecule has 1 saturated carbocycles. The van der Waals surface area contributed by atoms with E-state index in [0.29, 0.717) is 17.4 Å². The van der Waals surface area contributed by atoms with Crippen LogP contribution in [0.25, 0.3) is 0 Å². The van der Waals surface area contributed by atoms with Gasteiger partial charge in [0.05, 0.1) is 5.69 Å². The van der Waals surface area contributed by atoms with Crippen molar-refractivity contribution >= 4 is 23.0 Å². The van der Waals surface area contributed by atoms with Gasteiger partial charge in [-0.1, -0.05) is 20.8 Å². The van der Waals surface area contributed by atoms with Crippen molar-refractivity contribution in [3.05, 3.63) is 52.4 Å². The van der Waals surface area contributed by atoms with Crippen LogP contribution in [-0.2, 0) is 0 Å². The Bertz CT molecular complexity index is 940. The van der Waals surface area contributed by atoms with E-state index in [0.717, 1.165) is 50.6 Å². The number of piperazine rings is 1. The second kappa shape index (κ2) is 11.9. The molecule has 1 aliphatic heterocycles. The minimum Gasteiger partial charge on any atom is -0.381 e. The van der Waals surface area contributed by atoms with E-state index in [1.54, 1.807) is 12.3 Å². The molecule has 1 amide bonds. The summed E-state index contributed by atoms with van der Waals surface area (Å²) >= 11 is 0. The lowest BCUT2D eigenvalue weighted by atomic mass is 9.87. The van der Waals surface area contributed by atoms with Crippen molar-refractivity contribution in [3.8, 4) is 0 Å². The van der Waals surface area contributed by atoms with Crippen LogP contribution in [0.3, 0.4) is 0 Å². The van der Waals surface area contributed by atoms with Gasteiger partial charge in [0.15, 0.2) is 0 Å². The van der Waals surface area contributed by atoms with Crippen LogP contribution in [0.1, 0.15) is 56.8 Å². The van der Waals surface area contributed by atoms with Crippen molar-refractivity contribution in [3.63, 3.8) is 0 Å². The average Bonchev–Trinajstić information content (AvgIpc) is 2.83. The Morgan fingerprint density at radius 2 is 1.61 bits per heavy atom. The van der Waals surface area contributed by atoms with Crippen molar-refractivity contribution in [2.45, 2.75) is 52.5 Å². The van der Waals surface area contributed by atoms with Crippen LogP contribution in [0.2, 0.25) is 0 Å². The van der Waals surface area contributed by atoms with Crippen molar-refractivity contribution in [2.75, 3.05) is 48.8 Å². The molecular formula is C26H39N5O2. The number of amides is 1. The number of aromatic nitrogens is 1. The maximum absolute atomic E-state index is 13.0. The average molecular weight is 454 g/mol. The molecule has 3 N–H and O–H groups in total. The molecule has 4 rings (SSSR count). The van der Waals surface area contributed by atoms with Gasteiger partial charge in [0.2, 0.25) is 0 Å². The molecule has 0 atom stereocenters. The number of carbonyl (C=O) groups excluding carboxylic acids is 1. The van der Waals surface area contributed by atoms with E-state index in [9.17, 15) is 9.59 Å². The lowest BCUT2D eigenvalue weighted by molar-refractivity contribution is 0.102. The second-order valence-corrected chi connectivity index (χ2v) is 8.99. The molecule has 0 bridgehead atoms. The predicted molar refractivity (Wildman–Crippen MR) is 138 cm³/mol. The summed E-state index contributed by atoms with van der Waals surface area (Å²) in [5.74, 6) is 0.356. The molecule has 2 heterocycles. The van der Waals surface area contributed by atoms with Crippen LogP contribution in [0.15, 0.2) is 41.3 Å². The molecular weight excluding hydrogens is 414 g/mol. The van der Waals surface area contributed by atoms with E-state index < -0.39 is 0 Å². The number of pyridine rings is 1. The van der Waals surface area contributed by atoms with Crippen LogP contribution in [0, 0.1) is 5.92 Å². The molecule has 0 radical (unpaired) electrons. The molecule has 2 aliphatic rings. The van der Waals surface area contributed by atoms with Crippen molar-refractivity contribution in [2.24, 2.45) is 5.92 Å². The van der Waals surface area contributed by atoms with Gasteiger partial charge in [0, 0.05) is 49.8 Å². The Morgan fingerprint density at radius 1 is 0.970 bits per heavy atom. The number of nitrogens with one attached hydrogen (secondary N) is 3. The molecule has 180 valence electrons. The van der Waals surface area contributed by atoms with Gasteiger partial charge in [0.25, 0.3) is 11.5 Å². The molecule has 1 aliphatic carbocycles. The molecule has 1 saturated heterocycles. The number of aromatic amines is 1. The summed E-state index contributed by atoms with van der Waals surface area (Å²) in [5.41, 5.74) is 2.21. The Kier molecular flexibility index (Phi) is 8.95. The predicted octanol–water partition coefficient (Wildman–Crippen LogP) is 4.40. The number of hydrogen-bond acceptors (Lipinski definition) is 5. The van der Waals surface area contributed by atoms with Crippen LogP contribution < -0.4 is 21.1 Å². The summed E-state index contributed by atoms with van der Waals surface area (Å²) in [6.07, 6.45) is 6.05. The standard InChI is InChI=1S/C24H33N5O2.C2H6/c1-17-3-5-18(6-4-17)26-21-11-12-25-23(30)22(21)24(31)27-19-7-9-20(10-8-19)29-15-13-28(2)14-16-29;1-2/h7-12,17-18H,3-6,13-16H2,1-2H3,(H,27,31)(H2,25,26,30);1-2H3. The van der Waals surface area contributed by atoms with E-state index >= 15 is 0 Å². The number of likely N-dealkylation sites (N-methyl/N-ethyl adjacent to an activating group) is 1. The fourth-order valence-electron chi connectivity index (χ4n) is 4.46. The first-order valence-corrected chi connectivity index (χ1v) is 12.3. The Balaban J connectivity index is 0.00000149. The molecule has 1 aromatic heterocycles. The molecule has 0 unspecified atom stereocenters. The number of rotatable bonds is 5. The number of benzene rings is 1. The largest absolute Gasteiger partial charge is 0.381 e. The van der Waals surface area contributed by atoms with E-state index in [1.807, 2.05) is 38.1 Å². The minimum absolute atomic E-state index is 0.143. The zero-order valence-corrected chi connectivity index (χ0v) is 20.5. The molecule has 7 nitrogen and oxygen atoms in total. The smallest absolute Gasteiger partial charge is 0.263 e. The van der Waals surface area contributed by atoms with Gasteiger partial charge in [-0.05, 0) is 69.0 Å². The third-order valence-corrected chi connectivity index (χ3v) is 6.56. The van der Waals surface area contributed by atoms with E-state index in [-0.39, 0.29) is 17.0 Å². The highest BCUT2D eigenvalue weighted by molar-refractivity contribution is 6.07. The molecule has 0 spiro atoms. The second-order valence-electron chi connectivity index (χ2n) is 8.99. The van der Waals surface area contributed by atoms with Crippen molar-refractivity contribution in [1.82, 2.24) is 9.88 Å². The summed E-state index contributed by atoms with van der Waals surface area (Å²) in [4.78, 5) is 32.8. The zero-order valence-electron chi connectivity index (χ0n) is 20.5. The quantitative estimate of drug-likeness (QED) is 0.625. The fraction of sp³-hybridized carbons (Fsp3) is 0.538. The minimum atomic E-state index is -0.388. The Hall–Kier alpha value is -2.80. The van der Waals surface area contributed by atoms with Gasteiger partial charge in [0.1, 0.15) is 5.56 Å². The molecule has 7 heteroatoms. The molecule has 2 aromatic rings. The van der Waals surface area contributed by atoms with Gasteiger partial charge in [-0.2, -0.15) is 0 Å². The third kappa shape index (κ3) is 6.60. The molecule has 33 heavy (non-hydrogen) atoms. The normalized spacial score (nSPS) is 21.0. The van der Waals surface area contributed by atoms with Gasteiger partial charge in [-0.3, -0.25) is 9.59 Å². The van der Waals surface area contributed by atoms with Gasteiger partial charge in [-0.25, -0.2) is 0 Å². The van der Waals surface area contributed by atoms with Gasteiger partial charge >= 0.3 is 0 Å².